The molecule has 4 rings (SSSR count). The van der Waals surface area contributed by atoms with Crippen molar-refractivity contribution >= 4 is 35.5 Å². The van der Waals surface area contributed by atoms with Crippen LogP contribution in [0.4, 0.5) is 5.95 Å². The van der Waals surface area contributed by atoms with E-state index in [9.17, 15) is 0 Å². The summed E-state index contributed by atoms with van der Waals surface area (Å²) in [6.07, 6.45) is 6.74. The molecule has 29 heavy (non-hydrogen) atoms. The van der Waals surface area contributed by atoms with Crippen LogP contribution in [0.5, 0.6) is 0 Å². The molecule has 1 aliphatic carbocycles. The number of hydrogen-bond acceptors (Lipinski definition) is 5. The van der Waals surface area contributed by atoms with Crippen molar-refractivity contribution in [1.82, 2.24) is 9.55 Å². The van der Waals surface area contributed by atoms with E-state index in [0.717, 1.165) is 38.7 Å². The van der Waals surface area contributed by atoms with Gasteiger partial charge in [0.05, 0.1) is 22.1 Å². The second-order valence-electron chi connectivity index (χ2n) is 8.17. The van der Waals surface area contributed by atoms with E-state index in [-0.39, 0.29) is 16.9 Å². The molecule has 0 radical (unpaired) electrons. The largest absolute Gasteiger partial charge is 0.342 e. The van der Waals surface area contributed by atoms with E-state index in [1.165, 1.54) is 17.4 Å². The molecule has 2 aliphatic rings. The summed E-state index contributed by atoms with van der Waals surface area (Å²) < 4.78 is 1.52. The normalized spacial score (nSPS) is 21.0. The van der Waals surface area contributed by atoms with Gasteiger partial charge >= 0.3 is 0 Å². The molecular weight excluding hydrogens is 407 g/mol. The number of halogens is 2. The third-order valence-electron chi connectivity index (χ3n) is 6.69. The second kappa shape index (κ2) is 7.74. The molecule has 0 unspecified atom stereocenters. The summed E-state index contributed by atoms with van der Waals surface area (Å²) in [5.74, 6) is 0.630. The van der Waals surface area contributed by atoms with Gasteiger partial charge in [0.1, 0.15) is 5.49 Å². The van der Waals surface area contributed by atoms with Gasteiger partial charge < -0.3 is 10.6 Å². The molecule has 1 aromatic carbocycles. The molecule has 4 N–H and O–H groups in total. The summed E-state index contributed by atoms with van der Waals surface area (Å²) in [5.41, 5.74) is 8.80. The molecule has 1 aliphatic heterocycles. The maximum atomic E-state index is 8.77. The van der Waals surface area contributed by atoms with E-state index >= 15 is 0 Å². The Morgan fingerprint density at radius 1 is 1.24 bits per heavy atom. The minimum Gasteiger partial charge on any atom is -0.342 e. The Labute approximate surface area is 180 Å². The van der Waals surface area contributed by atoms with Crippen molar-refractivity contribution < 1.29 is 0 Å². The molecule has 0 amide bonds. The van der Waals surface area contributed by atoms with E-state index in [1.807, 2.05) is 13.0 Å². The fraction of sp³-hybridized carbons (Fsp3) is 0.476. The molecule has 2 fully saturated rings. The number of nitrogens with one attached hydrogen (secondary N) is 2. The van der Waals surface area contributed by atoms with Crippen LogP contribution in [0.3, 0.4) is 0 Å². The molecule has 1 aromatic heterocycles. The first-order valence-corrected chi connectivity index (χ1v) is 10.8. The van der Waals surface area contributed by atoms with Gasteiger partial charge in [0.15, 0.2) is 0 Å². The quantitative estimate of drug-likeness (QED) is 0.500. The van der Waals surface area contributed by atoms with Crippen molar-refractivity contribution in [3.63, 3.8) is 0 Å². The second-order valence-corrected chi connectivity index (χ2v) is 8.95. The van der Waals surface area contributed by atoms with Crippen LogP contribution in [0.15, 0.2) is 18.2 Å². The highest BCUT2D eigenvalue weighted by Gasteiger charge is 2.43. The van der Waals surface area contributed by atoms with Gasteiger partial charge in [0.25, 0.3) is 0 Å². The van der Waals surface area contributed by atoms with Crippen molar-refractivity contribution in [2.75, 3.05) is 18.0 Å². The molecule has 8 heteroatoms. The van der Waals surface area contributed by atoms with E-state index in [1.54, 1.807) is 12.1 Å². The maximum Gasteiger partial charge on any atom is 0.212 e. The standard InChI is InChI=1S/C21H26Cl2N6/c1-13-17(14-4-2-5-15(22)18(14)23)19(26)29(12-24)20(27-13)28-10-8-21(9-11-28)7-3-6-16(21)25/h2,4-5,12,16,24,26H,3,6-11,25H2,1H3/t16-/m1/s1. The van der Waals surface area contributed by atoms with Gasteiger partial charge in [-0.3, -0.25) is 15.4 Å². The van der Waals surface area contributed by atoms with Crippen molar-refractivity contribution in [2.24, 2.45) is 11.1 Å². The van der Waals surface area contributed by atoms with E-state index in [4.69, 9.17) is 44.7 Å². The highest BCUT2D eigenvalue weighted by Crippen LogP contribution is 2.45. The number of hydrogen-bond donors (Lipinski definition) is 3. The van der Waals surface area contributed by atoms with Crippen molar-refractivity contribution in [3.05, 3.63) is 39.4 Å². The molecular formula is C21H26Cl2N6. The number of nitrogens with zero attached hydrogens (tertiary/aromatic N) is 3. The number of nitrogens with two attached hydrogens (primary N) is 1. The van der Waals surface area contributed by atoms with Crippen LogP contribution in [0.25, 0.3) is 11.1 Å². The predicted octanol–water partition coefficient (Wildman–Crippen LogP) is 4.20. The minimum absolute atomic E-state index is 0.185. The lowest BCUT2D eigenvalue weighted by Crippen LogP contribution is -2.48. The maximum absolute atomic E-state index is 8.77. The Morgan fingerprint density at radius 3 is 2.59 bits per heavy atom. The lowest BCUT2D eigenvalue weighted by Gasteiger charge is -2.42. The van der Waals surface area contributed by atoms with Crippen LogP contribution in [0.1, 0.15) is 37.8 Å². The number of rotatable bonds is 3. The van der Waals surface area contributed by atoms with E-state index in [2.05, 4.69) is 4.90 Å². The summed E-state index contributed by atoms with van der Waals surface area (Å²) in [4.78, 5) is 6.97. The van der Waals surface area contributed by atoms with Crippen LogP contribution in [0, 0.1) is 23.2 Å². The van der Waals surface area contributed by atoms with Crippen molar-refractivity contribution in [1.29, 1.82) is 10.8 Å². The van der Waals surface area contributed by atoms with Crippen LogP contribution >= 0.6 is 23.2 Å². The predicted molar refractivity (Wildman–Crippen MR) is 118 cm³/mol. The molecule has 154 valence electrons. The van der Waals surface area contributed by atoms with Crippen LogP contribution in [-0.4, -0.2) is 35.0 Å². The van der Waals surface area contributed by atoms with Crippen LogP contribution in [-0.2, 0) is 0 Å². The van der Waals surface area contributed by atoms with Crippen molar-refractivity contribution in [2.45, 2.75) is 45.1 Å². The number of piperidine rings is 1. The fourth-order valence-electron chi connectivity index (χ4n) is 4.95. The minimum atomic E-state index is 0.185. The van der Waals surface area contributed by atoms with Gasteiger partial charge in [-0.1, -0.05) is 41.8 Å². The highest BCUT2D eigenvalue weighted by atomic mass is 35.5. The Bertz CT molecular complexity index is 1010. The Hall–Kier alpha value is -1.89. The molecule has 1 atom stereocenters. The first-order valence-electron chi connectivity index (χ1n) is 10.0. The Kier molecular flexibility index (Phi) is 5.44. The molecule has 1 spiro atoms. The van der Waals surface area contributed by atoms with Gasteiger partial charge in [-0.2, -0.15) is 0 Å². The average Bonchev–Trinajstić information content (AvgIpc) is 3.05. The van der Waals surface area contributed by atoms with Gasteiger partial charge in [-0.15, -0.1) is 0 Å². The third kappa shape index (κ3) is 3.37. The Balaban J connectivity index is 1.72. The molecule has 6 nitrogen and oxygen atoms in total. The number of benzene rings is 1. The topological polar surface area (TPSA) is 94.8 Å². The zero-order valence-electron chi connectivity index (χ0n) is 16.5. The first-order chi connectivity index (χ1) is 13.9. The molecule has 2 aromatic rings. The number of aryl methyl sites for hydroxylation is 1. The summed E-state index contributed by atoms with van der Waals surface area (Å²) in [7, 11) is 0. The fourth-order valence-corrected chi connectivity index (χ4v) is 5.35. The molecule has 2 heterocycles. The number of anilines is 1. The monoisotopic (exact) mass is 432 g/mol. The number of aromatic nitrogens is 2. The Morgan fingerprint density at radius 2 is 1.97 bits per heavy atom. The lowest BCUT2D eigenvalue weighted by atomic mass is 9.74. The van der Waals surface area contributed by atoms with Gasteiger partial charge in [-0.05, 0) is 44.1 Å². The van der Waals surface area contributed by atoms with Gasteiger partial charge in [0.2, 0.25) is 5.95 Å². The summed E-state index contributed by atoms with van der Waals surface area (Å²) in [6.45, 7) is 3.55. The van der Waals surface area contributed by atoms with Crippen molar-refractivity contribution in [3.8, 4) is 11.1 Å². The van der Waals surface area contributed by atoms with Crippen LogP contribution in [0.2, 0.25) is 10.0 Å². The smallest absolute Gasteiger partial charge is 0.212 e. The van der Waals surface area contributed by atoms with Gasteiger partial charge in [-0.25, -0.2) is 4.98 Å². The van der Waals surface area contributed by atoms with E-state index < -0.39 is 0 Å². The molecule has 1 saturated carbocycles. The zero-order valence-corrected chi connectivity index (χ0v) is 18.0. The van der Waals surface area contributed by atoms with E-state index in [0.29, 0.717) is 32.8 Å². The lowest BCUT2D eigenvalue weighted by molar-refractivity contribution is 0.196. The third-order valence-corrected chi connectivity index (χ3v) is 7.51. The molecule has 0 bridgehead atoms. The highest BCUT2D eigenvalue weighted by molar-refractivity contribution is 6.43. The molecule has 1 saturated heterocycles. The first kappa shape index (κ1) is 20.4. The summed E-state index contributed by atoms with van der Waals surface area (Å²) in [6, 6.07) is 5.64. The average molecular weight is 433 g/mol. The summed E-state index contributed by atoms with van der Waals surface area (Å²) in [5, 5.41) is 17.5. The van der Waals surface area contributed by atoms with Gasteiger partial charge in [0, 0.05) is 30.3 Å². The SMILES string of the molecule is Cc1nc(N2CCC3(CCC[C@H]3N)CC2)n(C=N)c(=N)c1-c1cccc(Cl)c1Cl. The summed E-state index contributed by atoms with van der Waals surface area (Å²) >= 11 is 12.6. The van der Waals surface area contributed by atoms with Crippen LogP contribution < -0.4 is 16.1 Å². The zero-order chi connectivity index (χ0) is 20.8.